The first-order valence-corrected chi connectivity index (χ1v) is 6.32. The molecule has 0 fully saturated rings. The smallest absolute Gasteiger partial charge is 0.253 e. The minimum Gasteiger partial charge on any atom is -0.466 e. The molecule has 1 atom stereocenters. The lowest BCUT2D eigenvalue weighted by Gasteiger charge is -2.14. The van der Waals surface area contributed by atoms with Crippen LogP contribution in [0.25, 0.3) is 0 Å². The van der Waals surface area contributed by atoms with E-state index in [1.165, 1.54) is 18.2 Å². The maximum absolute atomic E-state index is 13.3. The van der Waals surface area contributed by atoms with Crippen molar-refractivity contribution in [2.45, 2.75) is 26.8 Å². The molecule has 1 unspecified atom stereocenters. The fraction of sp³-hybridized carbons (Fsp3) is 0.267. The van der Waals surface area contributed by atoms with E-state index in [1.54, 1.807) is 0 Å². The average molecular weight is 276 g/mol. The minimum absolute atomic E-state index is 0.134. The van der Waals surface area contributed by atoms with Gasteiger partial charge in [-0.1, -0.05) is 6.07 Å². The van der Waals surface area contributed by atoms with E-state index in [9.17, 15) is 9.18 Å². The van der Waals surface area contributed by atoms with E-state index >= 15 is 0 Å². The normalized spacial score (nSPS) is 12.2. The van der Waals surface area contributed by atoms with Crippen LogP contribution in [0.2, 0.25) is 0 Å². The van der Waals surface area contributed by atoms with E-state index in [-0.39, 0.29) is 17.3 Å². The molecule has 1 heterocycles. The molecule has 0 saturated heterocycles. The van der Waals surface area contributed by atoms with Gasteiger partial charge in [0.1, 0.15) is 17.3 Å². The lowest BCUT2D eigenvalue weighted by Crippen LogP contribution is -2.27. The summed E-state index contributed by atoms with van der Waals surface area (Å²) in [6, 6.07) is 5.79. The van der Waals surface area contributed by atoms with Gasteiger partial charge in [0.2, 0.25) is 0 Å². The van der Waals surface area contributed by atoms with Crippen LogP contribution in [-0.2, 0) is 0 Å². The van der Waals surface area contributed by atoms with Crippen molar-refractivity contribution in [2.24, 2.45) is 0 Å². The molecule has 3 N–H and O–H groups in total. The number of rotatable bonds is 3. The number of para-hydroxylation sites is 1. The summed E-state index contributed by atoms with van der Waals surface area (Å²) in [6.07, 6.45) is 0. The first kappa shape index (κ1) is 14.1. The molecule has 4 nitrogen and oxygen atoms in total. The third-order valence-electron chi connectivity index (χ3n) is 3.19. The third kappa shape index (κ3) is 2.66. The van der Waals surface area contributed by atoms with Crippen molar-refractivity contribution in [3.05, 3.63) is 52.7 Å². The second kappa shape index (κ2) is 5.36. The van der Waals surface area contributed by atoms with E-state index in [1.807, 2.05) is 26.8 Å². The molecule has 0 aliphatic carbocycles. The van der Waals surface area contributed by atoms with Gasteiger partial charge in [-0.2, -0.15) is 0 Å². The van der Waals surface area contributed by atoms with Crippen LogP contribution in [-0.4, -0.2) is 5.91 Å². The van der Waals surface area contributed by atoms with Crippen LogP contribution in [0.3, 0.4) is 0 Å². The van der Waals surface area contributed by atoms with Crippen molar-refractivity contribution in [3.63, 3.8) is 0 Å². The Bertz CT molecular complexity index is 649. The highest BCUT2D eigenvalue weighted by Gasteiger charge is 2.18. The highest BCUT2D eigenvalue weighted by Crippen LogP contribution is 2.22. The molecule has 1 amide bonds. The highest BCUT2D eigenvalue weighted by atomic mass is 19.1. The molecule has 106 valence electrons. The molecule has 0 aliphatic heterocycles. The Hall–Kier alpha value is -2.30. The number of amides is 1. The van der Waals surface area contributed by atoms with Crippen molar-refractivity contribution >= 4 is 11.6 Å². The molecule has 1 aromatic heterocycles. The molecular weight excluding hydrogens is 259 g/mol. The van der Waals surface area contributed by atoms with Crippen molar-refractivity contribution in [3.8, 4) is 0 Å². The molecule has 2 rings (SSSR count). The van der Waals surface area contributed by atoms with Crippen LogP contribution < -0.4 is 11.1 Å². The first-order valence-electron chi connectivity index (χ1n) is 6.32. The van der Waals surface area contributed by atoms with Crippen LogP contribution in [0.1, 0.15) is 40.4 Å². The summed E-state index contributed by atoms with van der Waals surface area (Å²) in [5.74, 6) is 0.528. The number of carbonyl (C=O) groups is 1. The third-order valence-corrected chi connectivity index (χ3v) is 3.19. The zero-order chi connectivity index (χ0) is 14.9. The van der Waals surface area contributed by atoms with Crippen LogP contribution in [0.5, 0.6) is 0 Å². The fourth-order valence-corrected chi connectivity index (χ4v) is 2.17. The Kier molecular flexibility index (Phi) is 3.79. The van der Waals surface area contributed by atoms with E-state index in [0.717, 1.165) is 17.1 Å². The summed E-state index contributed by atoms with van der Waals surface area (Å²) in [5, 5.41) is 2.79. The Morgan fingerprint density at radius 1 is 1.40 bits per heavy atom. The number of carbonyl (C=O) groups excluding carboxylic acids is 1. The number of benzene rings is 1. The number of nitrogens with two attached hydrogens (primary N) is 1. The summed E-state index contributed by atoms with van der Waals surface area (Å²) in [5.41, 5.74) is 6.46. The van der Waals surface area contributed by atoms with Crippen LogP contribution in [0, 0.1) is 19.7 Å². The highest BCUT2D eigenvalue weighted by molar-refractivity contribution is 5.99. The molecular formula is C15H17FN2O2. The van der Waals surface area contributed by atoms with Gasteiger partial charge in [0.25, 0.3) is 5.91 Å². The topological polar surface area (TPSA) is 68.3 Å². The zero-order valence-electron chi connectivity index (χ0n) is 11.7. The molecule has 2 aromatic rings. The zero-order valence-corrected chi connectivity index (χ0v) is 11.7. The Labute approximate surface area is 116 Å². The largest absolute Gasteiger partial charge is 0.466 e. The Morgan fingerprint density at radius 2 is 2.10 bits per heavy atom. The standard InChI is InChI=1S/C15H17FN2O2/c1-8-7-12(10(3)20-8)9(2)18-15(19)11-5-4-6-13(16)14(11)17/h4-7,9H,17H2,1-3H3,(H,18,19). The number of nitrogens with one attached hydrogen (secondary N) is 1. The van der Waals surface area contributed by atoms with E-state index in [2.05, 4.69) is 5.32 Å². The Morgan fingerprint density at radius 3 is 2.70 bits per heavy atom. The molecule has 0 radical (unpaired) electrons. The van der Waals surface area contributed by atoms with E-state index < -0.39 is 11.7 Å². The maximum atomic E-state index is 13.3. The minimum atomic E-state index is -0.597. The number of hydrogen-bond donors (Lipinski definition) is 2. The predicted octanol–water partition coefficient (Wildman–Crippen LogP) is 3.11. The maximum Gasteiger partial charge on any atom is 0.253 e. The number of aryl methyl sites for hydroxylation is 2. The molecule has 20 heavy (non-hydrogen) atoms. The van der Waals surface area contributed by atoms with Crippen molar-refractivity contribution in [1.29, 1.82) is 0 Å². The number of nitrogen functional groups attached to an aromatic ring is 1. The fourth-order valence-electron chi connectivity index (χ4n) is 2.17. The van der Waals surface area contributed by atoms with Crippen molar-refractivity contribution in [1.82, 2.24) is 5.32 Å². The van der Waals surface area contributed by atoms with Gasteiger partial charge in [-0.15, -0.1) is 0 Å². The molecule has 0 aliphatic rings. The molecule has 5 heteroatoms. The number of hydrogen-bond acceptors (Lipinski definition) is 3. The number of furan rings is 1. The van der Waals surface area contributed by atoms with Gasteiger partial charge < -0.3 is 15.5 Å². The average Bonchev–Trinajstić information content (AvgIpc) is 2.71. The van der Waals surface area contributed by atoms with Gasteiger partial charge in [0.05, 0.1) is 17.3 Å². The number of halogens is 1. The lowest BCUT2D eigenvalue weighted by atomic mass is 10.1. The summed E-state index contributed by atoms with van der Waals surface area (Å²) in [7, 11) is 0. The van der Waals surface area contributed by atoms with Gasteiger partial charge in [-0.05, 0) is 39.0 Å². The van der Waals surface area contributed by atoms with E-state index in [0.29, 0.717) is 0 Å². The molecule has 0 spiro atoms. The van der Waals surface area contributed by atoms with Gasteiger partial charge in [0, 0.05) is 5.56 Å². The quantitative estimate of drug-likeness (QED) is 0.846. The van der Waals surface area contributed by atoms with Gasteiger partial charge in [0.15, 0.2) is 0 Å². The summed E-state index contributed by atoms with van der Waals surface area (Å²) in [6.45, 7) is 5.52. The monoisotopic (exact) mass is 276 g/mol. The second-order valence-electron chi connectivity index (χ2n) is 4.76. The second-order valence-corrected chi connectivity index (χ2v) is 4.76. The summed E-state index contributed by atoms with van der Waals surface area (Å²) >= 11 is 0. The van der Waals surface area contributed by atoms with Gasteiger partial charge in [-0.25, -0.2) is 4.39 Å². The summed E-state index contributed by atoms with van der Waals surface area (Å²) in [4.78, 5) is 12.1. The number of anilines is 1. The predicted molar refractivity (Wildman–Crippen MR) is 74.9 cm³/mol. The lowest BCUT2D eigenvalue weighted by molar-refractivity contribution is 0.0940. The van der Waals surface area contributed by atoms with Crippen LogP contribution in [0.15, 0.2) is 28.7 Å². The molecule has 0 bridgehead atoms. The Balaban J connectivity index is 2.19. The van der Waals surface area contributed by atoms with E-state index in [4.69, 9.17) is 10.2 Å². The van der Waals surface area contributed by atoms with Gasteiger partial charge in [-0.3, -0.25) is 4.79 Å². The first-order chi connectivity index (χ1) is 9.40. The summed E-state index contributed by atoms with van der Waals surface area (Å²) < 4.78 is 18.8. The molecule has 1 aromatic carbocycles. The van der Waals surface area contributed by atoms with Crippen molar-refractivity contribution < 1.29 is 13.6 Å². The molecule has 0 saturated carbocycles. The SMILES string of the molecule is Cc1cc(C(C)NC(=O)c2cccc(F)c2N)c(C)o1. The van der Waals surface area contributed by atoms with Crippen LogP contribution >= 0.6 is 0 Å². The van der Waals surface area contributed by atoms with Crippen molar-refractivity contribution in [2.75, 3.05) is 5.73 Å². The van der Waals surface area contributed by atoms with Crippen LogP contribution in [0.4, 0.5) is 10.1 Å². The van der Waals surface area contributed by atoms with Gasteiger partial charge >= 0.3 is 0 Å².